The van der Waals surface area contributed by atoms with Gasteiger partial charge >= 0.3 is 11.9 Å². The molecule has 47 heavy (non-hydrogen) atoms. The maximum absolute atomic E-state index is 13.0. The number of ether oxygens (including phenoxy) is 2. The van der Waals surface area contributed by atoms with Gasteiger partial charge in [0.05, 0.1) is 23.7 Å². The number of allylic oxidation sites excluding steroid dienone is 1. The highest BCUT2D eigenvalue weighted by Crippen LogP contribution is 2.76. The summed E-state index contributed by atoms with van der Waals surface area (Å²) in [5.41, 5.74) is -2.53. The van der Waals surface area contributed by atoms with Crippen molar-refractivity contribution in [3.63, 3.8) is 0 Å². The molecule has 0 spiro atoms. The molecule has 6 rings (SSSR count). The van der Waals surface area contributed by atoms with Crippen LogP contribution in [0.1, 0.15) is 99.3 Å². The number of carboxylic acids is 2. The second-order valence-corrected chi connectivity index (χ2v) is 17.4. The molecule has 0 amide bonds. The van der Waals surface area contributed by atoms with Crippen LogP contribution in [0.3, 0.4) is 0 Å². The molecule has 5 aliphatic carbocycles. The minimum atomic E-state index is -1.82. The predicted octanol–water partition coefficient (Wildman–Crippen LogP) is 3.09. The first-order valence-electron chi connectivity index (χ1n) is 17.6. The standard InChI is InChI=1S/C36H56O11/c1-18-9-14-36(30(43)44)16-15-33(4)19(27(36)35(18,6)45)7-8-21-31(2)12-11-22(32(3,17-37)20(31)10-13-34(21,33)5)46-29-25(40)23(38)24(39)26(47-29)28(41)42/h7,18,20-27,29,37-40,45H,8-17H2,1-6H3,(H,41,42)(H,43,44)/t18-,20?,21?,22+,23+,24+,25-,26+,27-,29-,31+,32+,33-,34-,35-,36+/m1/s1. The molecule has 0 aromatic heterocycles. The summed E-state index contributed by atoms with van der Waals surface area (Å²) >= 11 is 0. The average Bonchev–Trinajstić information content (AvgIpc) is 3.00. The third kappa shape index (κ3) is 4.55. The second kappa shape index (κ2) is 11.2. The summed E-state index contributed by atoms with van der Waals surface area (Å²) in [6.07, 6.45) is -0.741. The van der Waals surface area contributed by atoms with E-state index in [9.17, 15) is 45.3 Å². The third-order valence-electron chi connectivity index (χ3n) is 15.7. The lowest BCUT2D eigenvalue weighted by molar-refractivity contribution is -0.327. The fourth-order valence-corrected chi connectivity index (χ4v) is 12.4. The SMILES string of the molecule is C[C@@H]1CC[C@]2(C(=O)O)CC[C@]3(C)C(=CCC4[C@@]5(C)CC[C@H](O[C@@H]6O[C@H](C(=O)O)[C@@H](O)[C@H](O)[C@H]6O)[C@@](C)(CO)C5CC[C@]43C)[C@@H]2[C@]1(C)O. The summed E-state index contributed by atoms with van der Waals surface area (Å²) < 4.78 is 11.8. The van der Waals surface area contributed by atoms with Crippen LogP contribution in [0, 0.1) is 50.7 Å². The van der Waals surface area contributed by atoms with Gasteiger partial charge in [0.15, 0.2) is 12.4 Å². The number of aliphatic hydroxyl groups is 5. The van der Waals surface area contributed by atoms with Crippen LogP contribution < -0.4 is 0 Å². The van der Waals surface area contributed by atoms with Crippen LogP contribution in [-0.2, 0) is 19.1 Å². The molecule has 1 heterocycles. The molecular formula is C36H56O11. The van der Waals surface area contributed by atoms with Gasteiger partial charge < -0.3 is 45.2 Å². The van der Waals surface area contributed by atoms with Crippen LogP contribution in [0.15, 0.2) is 11.6 Å². The summed E-state index contributed by atoms with van der Waals surface area (Å²) in [6.45, 7) is 12.6. The summed E-state index contributed by atoms with van der Waals surface area (Å²) in [5.74, 6) is -2.55. The summed E-state index contributed by atoms with van der Waals surface area (Å²) in [4.78, 5) is 24.7. The monoisotopic (exact) mass is 664 g/mol. The van der Waals surface area contributed by atoms with Gasteiger partial charge in [-0.15, -0.1) is 0 Å². The van der Waals surface area contributed by atoms with Crippen LogP contribution in [0.2, 0.25) is 0 Å². The normalized spacial score (nSPS) is 55.9. The minimum Gasteiger partial charge on any atom is -0.481 e. The van der Waals surface area contributed by atoms with Crippen LogP contribution in [0.4, 0.5) is 0 Å². The Morgan fingerprint density at radius 2 is 1.57 bits per heavy atom. The molecule has 6 aliphatic rings. The van der Waals surface area contributed by atoms with Crippen molar-refractivity contribution < 1.29 is 54.8 Å². The third-order valence-corrected chi connectivity index (χ3v) is 15.7. The Morgan fingerprint density at radius 1 is 0.894 bits per heavy atom. The molecule has 1 aliphatic heterocycles. The zero-order chi connectivity index (χ0) is 34.7. The first kappa shape index (κ1) is 35.2. The van der Waals surface area contributed by atoms with Gasteiger partial charge in [0.25, 0.3) is 0 Å². The van der Waals surface area contributed by atoms with Crippen molar-refractivity contribution in [1.29, 1.82) is 0 Å². The molecule has 5 fully saturated rings. The van der Waals surface area contributed by atoms with E-state index in [0.717, 1.165) is 37.7 Å². The lowest BCUT2D eigenvalue weighted by atomic mass is 9.33. The lowest BCUT2D eigenvalue weighted by Crippen LogP contribution is -2.68. The van der Waals surface area contributed by atoms with Gasteiger partial charge in [-0.05, 0) is 98.7 Å². The van der Waals surface area contributed by atoms with E-state index in [1.807, 2.05) is 20.8 Å². The maximum atomic E-state index is 13.0. The summed E-state index contributed by atoms with van der Waals surface area (Å²) in [6, 6.07) is 0. The number of fused-ring (bicyclic) bond motifs is 7. The number of aliphatic hydroxyl groups excluding tert-OH is 4. The fourth-order valence-electron chi connectivity index (χ4n) is 12.4. The largest absolute Gasteiger partial charge is 0.481 e. The van der Waals surface area contributed by atoms with E-state index in [0.29, 0.717) is 25.7 Å². The van der Waals surface area contributed by atoms with Gasteiger partial charge in [-0.2, -0.15) is 0 Å². The molecular weight excluding hydrogens is 608 g/mol. The number of rotatable bonds is 5. The maximum Gasteiger partial charge on any atom is 0.335 e. The van der Waals surface area contributed by atoms with Crippen molar-refractivity contribution in [2.45, 2.75) is 142 Å². The minimum absolute atomic E-state index is 0.00130. The van der Waals surface area contributed by atoms with Crippen LogP contribution >= 0.6 is 0 Å². The summed E-state index contributed by atoms with van der Waals surface area (Å²) in [7, 11) is 0. The number of carbonyl (C=O) groups is 2. The zero-order valence-electron chi connectivity index (χ0n) is 28.7. The number of aliphatic carboxylic acids is 2. The molecule has 2 unspecified atom stereocenters. The van der Waals surface area contributed by atoms with Gasteiger partial charge in [-0.1, -0.05) is 46.3 Å². The van der Waals surface area contributed by atoms with Crippen molar-refractivity contribution in [1.82, 2.24) is 0 Å². The fraction of sp³-hybridized carbons (Fsp3) is 0.889. The van der Waals surface area contributed by atoms with Gasteiger partial charge in [0.2, 0.25) is 0 Å². The molecule has 0 radical (unpaired) electrons. The van der Waals surface area contributed by atoms with Gasteiger partial charge in [-0.25, -0.2) is 4.79 Å². The zero-order valence-corrected chi connectivity index (χ0v) is 28.7. The van der Waals surface area contributed by atoms with Crippen molar-refractivity contribution in [2.24, 2.45) is 50.7 Å². The Bertz CT molecular complexity index is 1320. The Labute approximate surface area is 277 Å². The van der Waals surface area contributed by atoms with E-state index >= 15 is 0 Å². The van der Waals surface area contributed by atoms with Gasteiger partial charge in [0.1, 0.15) is 18.3 Å². The van der Waals surface area contributed by atoms with Crippen molar-refractivity contribution in [3.05, 3.63) is 11.6 Å². The Hall–Kier alpha value is -1.60. The molecule has 16 atom stereocenters. The number of hydrogen-bond donors (Lipinski definition) is 7. The second-order valence-electron chi connectivity index (χ2n) is 17.4. The van der Waals surface area contributed by atoms with Crippen molar-refractivity contribution in [3.8, 4) is 0 Å². The predicted molar refractivity (Wildman–Crippen MR) is 169 cm³/mol. The van der Waals surface area contributed by atoms with Crippen LogP contribution in [0.25, 0.3) is 0 Å². The Balaban J connectivity index is 1.33. The molecule has 0 aromatic rings. The van der Waals surface area contributed by atoms with E-state index in [1.54, 1.807) is 0 Å². The topological polar surface area (TPSA) is 194 Å². The Kier molecular flexibility index (Phi) is 8.40. The smallest absolute Gasteiger partial charge is 0.335 e. The van der Waals surface area contributed by atoms with Crippen LogP contribution in [-0.4, -0.2) is 96.7 Å². The van der Waals surface area contributed by atoms with Crippen molar-refractivity contribution in [2.75, 3.05) is 6.61 Å². The first-order valence-corrected chi connectivity index (χ1v) is 17.6. The van der Waals surface area contributed by atoms with E-state index in [1.165, 1.54) is 0 Å². The number of carboxylic acid groups (broad SMARTS) is 2. The van der Waals surface area contributed by atoms with Gasteiger partial charge in [-0.3, -0.25) is 4.79 Å². The quantitative estimate of drug-likeness (QED) is 0.169. The Morgan fingerprint density at radius 3 is 2.19 bits per heavy atom. The summed E-state index contributed by atoms with van der Waals surface area (Å²) in [5, 5.41) is 74.5. The molecule has 7 N–H and O–H groups in total. The molecule has 11 nitrogen and oxygen atoms in total. The molecule has 4 saturated carbocycles. The molecule has 1 saturated heterocycles. The van der Waals surface area contributed by atoms with E-state index in [2.05, 4.69) is 26.8 Å². The van der Waals surface area contributed by atoms with Crippen LogP contribution in [0.5, 0.6) is 0 Å². The highest BCUT2D eigenvalue weighted by Gasteiger charge is 2.72. The van der Waals surface area contributed by atoms with E-state index in [-0.39, 0.29) is 40.6 Å². The van der Waals surface area contributed by atoms with Gasteiger partial charge in [0, 0.05) is 11.3 Å². The molecule has 266 valence electrons. The van der Waals surface area contributed by atoms with Crippen molar-refractivity contribution >= 4 is 11.9 Å². The lowest BCUT2D eigenvalue weighted by Gasteiger charge is -2.72. The highest BCUT2D eigenvalue weighted by atomic mass is 16.7. The van der Waals surface area contributed by atoms with E-state index in [4.69, 9.17) is 9.47 Å². The molecule has 0 bridgehead atoms. The average molecular weight is 665 g/mol. The van der Waals surface area contributed by atoms with E-state index < -0.39 is 71.1 Å². The number of hydrogen-bond acceptors (Lipinski definition) is 9. The first-order chi connectivity index (χ1) is 21.8. The highest BCUT2D eigenvalue weighted by molar-refractivity contribution is 5.77. The molecule has 0 aromatic carbocycles. The molecule has 11 heteroatoms.